The lowest BCUT2D eigenvalue weighted by Crippen LogP contribution is -2.02. The van der Waals surface area contributed by atoms with Gasteiger partial charge in [-0.1, -0.05) is 36.9 Å². The Labute approximate surface area is 140 Å². The van der Waals surface area contributed by atoms with Crippen LogP contribution in [0.15, 0.2) is 58.0 Å². The van der Waals surface area contributed by atoms with E-state index in [2.05, 4.69) is 58.8 Å². The minimum Gasteiger partial charge on any atom is -0.126 e. The molecule has 0 unspecified atom stereocenters. The van der Waals surface area contributed by atoms with Gasteiger partial charge in [-0.2, -0.15) is 0 Å². The molecule has 0 saturated heterocycles. The van der Waals surface area contributed by atoms with Crippen LogP contribution in [0.25, 0.3) is 17.0 Å². The monoisotopic (exact) mass is 406 g/mol. The van der Waals surface area contributed by atoms with E-state index in [1.54, 1.807) is 6.08 Å². The first-order valence-corrected chi connectivity index (χ1v) is 7.73. The quantitative estimate of drug-likeness (QED) is 0.694. The lowest BCUT2D eigenvalue weighted by molar-refractivity contribution is 0.844. The van der Waals surface area contributed by atoms with Gasteiger partial charge in [0.25, 0.3) is 0 Å². The largest absolute Gasteiger partial charge is 0.205 e. The number of hydrogen-bond donors (Lipinski definition) is 0. The van der Waals surface area contributed by atoms with Gasteiger partial charge in [0, 0.05) is 14.5 Å². The summed E-state index contributed by atoms with van der Waals surface area (Å²) < 4.78 is 1.76. The van der Waals surface area contributed by atoms with Gasteiger partial charge >= 0.3 is 0 Å². The fourth-order valence-corrected chi connectivity index (χ4v) is 2.98. The average molecular weight is 408 g/mol. The van der Waals surface area contributed by atoms with Gasteiger partial charge in [-0.05, 0) is 50.9 Å². The van der Waals surface area contributed by atoms with Crippen LogP contribution in [0.4, 0.5) is 0 Å². The van der Waals surface area contributed by atoms with Crippen molar-refractivity contribution < 1.29 is 0 Å². The molecule has 0 aliphatic heterocycles. The Morgan fingerprint density at radius 2 is 1.71 bits per heavy atom. The Morgan fingerprint density at radius 1 is 1.10 bits per heavy atom. The van der Waals surface area contributed by atoms with Gasteiger partial charge in [0.2, 0.25) is 11.6 Å². The second-order valence-corrected chi connectivity index (χ2v) is 5.69. The molecule has 0 fully saturated rings. The highest BCUT2D eigenvalue weighted by Crippen LogP contribution is 2.32. The Bertz CT molecular complexity index is 686. The predicted octanol–water partition coefficient (Wildman–Crippen LogP) is 4.60. The van der Waals surface area contributed by atoms with E-state index in [1.807, 2.05) is 43.4 Å². The Balaban J connectivity index is 2.39. The summed E-state index contributed by atoms with van der Waals surface area (Å²) in [5.41, 5.74) is 1.67. The molecule has 1 aromatic heterocycles. The molecule has 0 N–H and O–H groups in total. The second kappa shape index (κ2) is 7.38. The standard InChI is InChI=1S/C15H12Br2N4/c1-3-5-7-10(4-2)14-18-20-15(21-19-14)13-11(16)8-6-9-12(13)17/h3-9H,1H2,2H3/b7-5-,10-4+. The number of nitrogens with zero attached hydrogens (tertiary/aromatic N) is 4. The Kier molecular flexibility index (Phi) is 5.52. The maximum absolute atomic E-state index is 4.16. The van der Waals surface area contributed by atoms with Crippen LogP contribution < -0.4 is 0 Å². The van der Waals surface area contributed by atoms with E-state index in [4.69, 9.17) is 0 Å². The van der Waals surface area contributed by atoms with Gasteiger partial charge < -0.3 is 0 Å². The molecule has 4 nitrogen and oxygen atoms in total. The summed E-state index contributed by atoms with van der Waals surface area (Å²) in [6.45, 7) is 5.54. The average Bonchev–Trinajstić information content (AvgIpc) is 2.49. The minimum absolute atomic E-state index is 0.459. The molecular weight excluding hydrogens is 396 g/mol. The first-order chi connectivity index (χ1) is 10.2. The molecule has 106 valence electrons. The zero-order chi connectivity index (χ0) is 15.2. The summed E-state index contributed by atoms with van der Waals surface area (Å²) in [4.78, 5) is 0. The third kappa shape index (κ3) is 3.71. The molecule has 0 spiro atoms. The van der Waals surface area contributed by atoms with Crippen LogP contribution in [0.1, 0.15) is 12.7 Å². The van der Waals surface area contributed by atoms with Crippen LogP contribution >= 0.6 is 31.9 Å². The van der Waals surface area contributed by atoms with Crippen molar-refractivity contribution in [3.8, 4) is 11.4 Å². The molecule has 0 atom stereocenters. The van der Waals surface area contributed by atoms with Crippen LogP contribution in [0, 0.1) is 0 Å². The van der Waals surface area contributed by atoms with E-state index >= 15 is 0 Å². The van der Waals surface area contributed by atoms with Crippen molar-refractivity contribution in [3.05, 3.63) is 63.9 Å². The number of benzene rings is 1. The van der Waals surface area contributed by atoms with Crippen LogP contribution in [0.2, 0.25) is 0 Å². The van der Waals surface area contributed by atoms with Crippen molar-refractivity contribution in [3.63, 3.8) is 0 Å². The van der Waals surface area contributed by atoms with Crippen LogP contribution in [-0.2, 0) is 0 Å². The van der Waals surface area contributed by atoms with E-state index in [9.17, 15) is 0 Å². The molecule has 0 saturated carbocycles. The summed E-state index contributed by atoms with van der Waals surface area (Å²) >= 11 is 6.96. The van der Waals surface area contributed by atoms with Gasteiger partial charge in [0.1, 0.15) is 0 Å². The van der Waals surface area contributed by atoms with Crippen molar-refractivity contribution in [1.82, 2.24) is 20.4 Å². The topological polar surface area (TPSA) is 51.6 Å². The molecule has 0 radical (unpaired) electrons. The van der Waals surface area contributed by atoms with Gasteiger partial charge in [-0.3, -0.25) is 0 Å². The molecule has 6 heteroatoms. The molecule has 0 amide bonds. The third-order valence-electron chi connectivity index (χ3n) is 2.65. The third-order valence-corrected chi connectivity index (χ3v) is 3.97. The van der Waals surface area contributed by atoms with Crippen molar-refractivity contribution in [2.24, 2.45) is 0 Å². The fourth-order valence-electron chi connectivity index (χ4n) is 1.63. The highest BCUT2D eigenvalue weighted by atomic mass is 79.9. The molecule has 0 aliphatic rings. The van der Waals surface area contributed by atoms with E-state index in [-0.39, 0.29) is 0 Å². The second-order valence-electron chi connectivity index (χ2n) is 3.98. The van der Waals surface area contributed by atoms with Crippen LogP contribution in [0.5, 0.6) is 0 Å². The van der Waals surface area contributed by atoms with Crippen molar-refractivity contribution in [2.75, 3.05) is 0 Å². The van der Waals surface area contributed by atoms with Crippen molar-refractivity contribution in [2.45, 2.75) is 6.92 Å². The van der Waals surface area contributed by atoms with Crippen molar-refractivity contribution in [1.29, 1.82) is 0 Å². The van der Waals surface area contributed by atoms with Crippen molar-refractivity contribution >= 4 is 37.4 Å². The number of halogens is 2. The Morgan fingerprint density at radius 3 is 2.24 bits per heavy atom. The fraction of sp³-hybridized carbons (Fsp3) is 0.0667. The van der Waals surface area contributed by atoms with E-state index in [0.29, 0.717) is 11.6 Å². The van der Waals surface area contributed by atoms with Gasteiger partial charge in [0.05, 0.1) is 5.56 Å². The predicted molar refractivity (Wildman–Crippen MR) is 91.4 cm³/mol. The first-order valence-electron chi connectivity index (χ1n) is 6.15. The summed E-state index contributed by atoms with van der Waals surface area (Å²) in [5.74, 6) is 0.934. The minimum atomic E-state index is 0.459. The summed E-state index contributed by atoms with van der Waals surface area (Å²) in [6.07, 6.45) is 7.26. The first kappa shape index (κ1) is 15.7. The molecule has 1 aromatic carbocycles. The van der Waals surface area contributed by atoms with E-state index in [0.717, 1.165) is 20.1 Å². The van der Waals surface area contributed by atoms with Crippen LogP contribution in [-0.4, -0.2) is 20.4 Å². The van der Waals surface area contributed by atoms with Gasteiger partial charge in [-0.25, -0.2) is 0 Å². The highest BCUT2D eigenvalue weighted by Gasteiger charge is 2.12. The normalized spacial score (nSPS) is 11.9. The zero-order valence-corrected chi connectivity index (χ0v) is 14.5. The maximum Gasteiger partial charge on any atom is 0.205 e. The van der Waals surface area contributed by atoms with Gasteiger partial charge in [0.15, 0.2) is 0 Å². The molecule has 0 bridgehead atoms. The number of rotatable bonds is 4. The number of aromatic nitrogens is 4. The lowest BCUT2D eigenvalue weighted by atomic mass is 10.2. The summed E-state index contributed by atoms with van der Waals surface area (Å²) in [5, 5.41) is 16.6. The SMILES string of the molecule is C=C/C=C\C(=C/C)c1nnc(-c2c(Br)cccc2Br)nn1. The molecule has 0 aliphatic carbocycles. The summed E-state index contributed by atoms with van der Waals surface area (Å²) in [6, 6.07) is 5.76. The highest BCUT2D eigenvalue weighted by molar-refractivity contribution is 9.11. The van der Waals surface area contributed by atoms with Gasteiger partial charge in [-0.15, -0.1) is 20.4 Å². The molecule has 21 heavy (non-hydrogen) atoms. The summed E-state index contributed by atoms with van der Waals surface area (Å²) in [7, 11) is 0. The molecule has 1 heterocycles. The lowest BCUT2D eigenvalue weighted by Gasteiger charge is -2.05. The maximum atomic E-state index is 4.16. The molecule has 2 rings (SSSR count). The number of allylic oxidation sites excluding steroid dienone is 5. The van der Waals surface area contributed by atoms with E-state index < -0.39 is 0 Å². The zero-order valence-electron chi connectivity index (χ0n) is 11.3. The number of hydrogen-bond acceptors (Lipinski definition) is 4. The Hall–Kier alpha value is -1.66. The molecule has 2 aromatic rings. The van der Waals surface area contributed by atoms with Crippen LogP contribution in [0.3, 0.4) is 0 Å². The van der Waals surface area contributed by atoms with E-state index in [1.165, 1.54) is 0 Å². The molecular formula is C15H12Br2N4. The smallest absolute Gasteiger partial charge is 0.126 e.